The highest BCUT2D eigenvalue weighted by atomic mass is 32.2. The molecule has 160 valence electrons. The van der Waals surface area contributed by atoms with Gasteiger partial charge >= 0.3 is 0 Å². The molecule has 5 rings (SSSR count). The van der Waals surface area contributed by atoms with Crippen LogP contribution in [0, 0.1) is 6.92 Å². The lowest BCUT2D eigenvalue weighted by molar-refractivity contribution is 0.286. The summed E-state index contributed by atoms with van der Waals surface area (Å²) in [5, 5.41) is 14.5. The minimum Gasteiger partial charge on any atom is -0.419 e. The van der Waals surface area contributed by atoms with Crippen LogP contribution in [0.4, 0.5) is 0 Å². The highest BCUT2D eigenvalue weighted by Crippen LogP contribution is 2.32. The molecule has 1 aromatic carbocycles. The Kier molecular flexibility index (Phi) is 4.82. The average molecular weight is 439 g/mol. The summed E-state index contributed by atoms with van der Waals surface area (Å²) in [6.07, 6.45) is 4.62. The standard InChI is InChI=1S/C21H22N6O3S/c1-14-18(12-23-26(14)2)31(28,29)27-11-5-7-16(13-27)20-24-25-21(30-20)19-17-8-4-3-6-15(17)9-10-22-19/h3-4,6,8-10,12,16H,5,7,11,13H2,1-2H3. The highest BCUT2D eigenvalue weighted by molar-refractivity contribution is 7.89. The van der Waals surface area contributed by atoms with E-state index in [4.69, 9.17) is 4.42 Å². The molecule has 31 heavy (non-hydrogen) atoms. The minimum atomic E-state index is -3.64. The molecule has 1 saturated heterocycles. The Balaban J connectivity index is 1.43. The third-order valence-electron chi connectivity index (χ3n) is 5.86. The van der Waals surface area contributed by atoms with Gasteiger partial charge in [0, 0.05) is 31.7 Å². The van der Waals surface area contributed by atoms with Crippen LogP contribution in [0.25, 0.3) is 22.4 Å². The molecule has 0 bridgehead atoms. The van der Waals surface area contributed by atoms with Crippen molar-refractivity contribution in [2.45, 2.75) is 30.6 Å². The zero-order chi connectivity index (χ0) is 21.6. The number of nitrogens with zero attached hydrogens (tertiary/aromatic N) is 6. The van der Waals surface area contributed by atoms with E-state index < -0.39 is 10.0 Å². The first-order chi connectivity index (χ1) is 14.9. The quantitative estimate of drug-likeness (QED) is 0.482. The topological polar surface area (TPSA) is 107 Å². The number of benzene rings is 1. The van der Waals surface area contributed by atoms with Gasteiger partial charge in [0.2, 0.25) is 15.9 Å². The maximum atomic E-state index is 13.2. The molecule has 0 radical (unpaired) electrons. The molecule has 1 aliphatic heterocycles. The van der Waals surface area contributed by atoms with E-state index in [0.29, 0.717) is 42.7 Å². The molecule has 0 aliphatic carbocycles. The molecule has 0 amide bonds. The molecule has 1 aliphatic rings. The van der Waals surface area contributed by atoms with Crippen LogP contribution < -0.4 is 0 Å². The molecule has 0 N–H and O–H groups in total. The van der Waals surface area contributed by atoms with E-state index in [1.807, 2.05) is 30.3 Å². The van der Waals surface area contributed by atoms with E-state index in [1.54, 1.807) is 24.9 Å². The molecule has 1 atom stereocenters. The molecular formula is C21H22N6O3S. The predicted molar refractivity (Wildman–Crippen MR) is 114 cm³/mol. The van der Waals surface area contributed by atoms with E-state index in [0.717, 1.165) is 17.2 Å². The Morgan fingerprint density at radius 2 is 2.00 bits per heavy atom. The molecule has 4 aromatic rings. The van der Waals surface area contributed by atoms with Gasteiger partial charge in [-0.1, -0.05) is 24.3 Å². The molecule has 1 fully saturated rings. The van der Waals surface area contributed by atoms with Crippen molar-refractivity contribution in [2.24, 2.45) is 7.05 Å². The second-order valence-corrected chi connectivity index (χ2v) is 9.65. The Bertz CT molecular complexity index is 1360. The lowest BCUT2D eigenvalue weighted by Gasteiger charge is -2.30. The molecule has 4 heterocycles. The van der Waals surface area contributed by atoms with Crippen molar-refractivity contribution in [3.63, 3.8) is 0 Å². The number of sulfonamides is 1. The van der Waals surface area contributed by atoms with Gasteiger partial charge in [-0.25, -0.2) is 8.42 Å². The normalized spacial score (nSPS) is 17.9. The lowest BCUT2D eigenvalue weighted by Crippen LogP contribution is -2.39. The predicted octanol–water partition coefficient (Wildman–Crippen LogP) is 2.90. The average Bonchev–Trinajstić information content (AvgIpc) is 3.41. The Hall–Kier alpha value is -3.11. The van der Waals surface area contributed by atoms with Crippen LogP contribution in [-0.4, -0.2) is 50.8 Å². The van der Waals surface area contributed by atoms with Crippen molar-refractivity contribution >= 4 is 20.8 Å². The zero-order valence-corrected chi connectivity index (χ0v) is 18.1. The summed E-state index contributed by atoms with van der Waals surface area (Å²) in [4.78, 5) is 4.67. The van der Waals surface area contributed by atoms with Crippen LogP contribution in [0.15, 0.2) is 52.0 Å². The fourth-order valence-corrected chi connectivity index (χ4v) is 5.73. The zero-order valence-electron chi connectivity index (χ0n) is 17.3. The van der Waals surface area contributed by atoms with Gasteiger partial charge in [-0.15, -0.1) is 10.2 Å². The number of pyridine rings is 1. The van der Waals surface area contributed by atoms with E-state index in [9.17, 15) is 8.42 Å². The van der Waals surface area contributed by atoms with Gasteiger partial charge in [-0.05, 0) is 31.2 Å². The van der Waals surface area contributed by atoms with Crippen molar-refractivity contribution in [1.29, 1.82) is 0 Å². The summed E-state index contributed by atoms with van der Waals surface area (Å²) >= 11 is 0. The molecule has 3 aromatic heterocycles. The van der Waals surface area contributed by atoms with E-state index in [-0.39, 0.29) is 10.8 Å². The largest absolute Gasteiger partial charge is 0.419 e. The summed E-state index contributed by atoms with van der Waals surface area (Å²) in [6.45, 7) is 2.50. The number of piperidine rings is 1. The van der Waals surface area contributed by atoms with Crippen LogP contribution in [0.1, 0.15) is 30.3 Å². The SMILES string of the molecule is Cc1c(S(=O)(=O)N2CCCC(c3nnc(-c4nccc5ccccc45)o3)C2)cnn1C. The number of aryl methyl sites for hydroxylation is 1. The Labute approximate surface area is 179 Å². The summed E-state index contributed by atoms with van der Waals surface area (Å²) in [7, 11) is -1.91. The third kappa shape index (κ3) is 3.41. The van der Waals surface area contributed by atoms with Crippen LogP contribution in [0.2, 0.25) is 0 Å². The van der Waals surface area contributed by atoms with Gasteiger partial charge in [-0.2, -0.15) is 9.40 Å². The van der Waals surface area contributed by atoms with Crippen molar-refractivity contribution in [3.8, 4) is 11.6 Å². The number of hydrogen-bond acceptors (Lipinski definition) is 7. The second-order valence-electron chi connectivity index (χ2n) is 7.75. The van der Waals surface area contributed by atoms with Crippen LogP contribution in [0.5, 0.6) is 0 Å². The van der Waals surface area contributed by atoms with Crippen molar-refractivity contribution in [3.05, 3.63) is 54.3 Å². The number of rotatable bonds is 4. The van der Waals surface area contributed by atoms with Crippen LogP contribution in [-0.2, 0) is 17.1 Å². The van der Waals surface area contributed by atoms with E-state index in [1.165, 1.54) is 10.5 Å². The first-order valence-electron chi connectivity index (χ1n) is 10.1. The van der Waals surface area contributed by atoms with Gasteiger partial charge < -0.3 is 4.42 Å². The molecule has 0 spiro atoms. The van der Waals surface area contributed by atoms with E-state index in [2.05, 4.69) is 20.3 Å². The monoisotopic (exact) mass is 438 g/mol. The van der Waals surface area contributed by atoms with Crippen molar-refractivity contribution < 1.29 is 12.8 Å². The Morgan fingerprint density at radius 3 is 2.81 bits per heavy atom. The number of aromatic nitrogens is 5. The summed E-state index contributed by atoms with van der Waals surface area (Å²) in [5.41, 5.74) is 1.24. The second kappa shape index (κ2) is 7.54. The maximum Gasteiger partial charge on any atom is 0.266 e. The first kappa shape index (κ1) is 19.8. The van der Waals surface area contributed by atoms with Crippen LogP contribution >= 0.6 is 0 Å². The van der Waals surface area contributed by atoms with Crippen LogP contribution in [0.3, 0.4) is 0 Å². The third-order valence-corrected chi connectivity index (χ3v) is 7.83. The minimum absolute atomic E-state index is 0.170. The highest BCUT2D eigenvalue weighted by Gasteiger charge is 2.35. The molecule has 9 nitrogen and oxygen atoms in total. The fraction of sp³-hybridized carbons (Fsp3) is 0.333. The molecular weight excluding hydrogens is 416 g/mol. The van der Waals surface area contributed by atoms with Gasteiger partial charge in [-0.3, -0.25) is 9.67 Å². The number of hydrogen-bond donors (Lipinski definition) is 0. The Morgan fingerprint density at radius 1 is 1.16 bits per heavy atom. The molecule has 10 heteroatoms. The van der Waals surface area contributed by atoms with Crippen molar-refractivity contribution in [1.82, 2.24) is 29.3 Å². The van der Waals surface area contributed by atoms with Crippen molar-refractivity contribution in [2.75, 3.05) is 13.1 Å². The molecule has 0 saturated carbocycles. The summed E-state index contributed by atoms with van der Waals surface area (Å²) < 4.78 is 35.4. The summed E-state index contributed by atoms with van der Waals surface area (Å²) in [5.74, 6) is 0.610. The first-order valence-corrected chi connectivity index (χ1v) is 11.6. The van der Waals surface area contributed by atoms with Gasteiger partial charge in [0.1, 0.15) is 10.6 Å². The molecule has 1 unspecified atom stereocenters. The van der Waals surface area contributed by atoms with Gasteiger partial charge in [0.25, 0.3) is 5.89 Å². The fourth-order valence-electron chi connectivity index (χ4n) is 4.02. The maximum absolute atomic E-state index is 13.2. The smallest absolute Gasteiger partial charge is 0.266 e. The van der Waals surface area contributed by atoms with Gasteiger partial charge in [0.15, 0.2) is 0 Å². The van der Waals surface area contributed by atoms with Gasteiger partial charge in [0.05, 0.1) is 17.8 Å². The summed E-state index contributed by atoms with van der Waals surface area (Å²) in [6, 6.07) is 9.80. The number of fused-ring (bicyclic) bond motifs is 1. The van der Waals surface area contributed by atoms with E-state index >= 15 is 0 Å². The lowest BCUT2D eigenvalue weighted by atomic mass is 10.00.